The summed E-state index contributed by atoms with van der Waals surface area (Å²) in [6.07, 6.45) is 1.73. The van der Waals surface area contributed by atoms with Gasteiger partial charge < -0.3 is 10.3 Å². The lowest BCUT2D eigenvalue weighted by Gasteiger charge is -1.98. The Bertz CT molecular complexity index is 378. The van der Waals surface area contributed by atoms with Crippen LogP contribution in [0.5, 0.6) is 0 Å². The fourth-order valence-corrected chi connectivity index (χ4v) is 1.61. The van der Waals surface area contributed by atoms with Gasteiger partial charge in [0.2, 0.25) is 0 Å². The van der Waals surface area contributed by atoms with Crippen LogP contribution in [0.1, 0.15) is 10.5 Å². The maximum Gasteiger partial charge on any atom is 0.272 e. The van der Waals surface area contributed by atoms with E-state index in [0.717, 1.165) is 5.00 Å². The lowest BCUT2D eigenvalue weighted by atomic mass is 10.4. The Morgan fingerprint density at radius 1 is 1.38 bits per heavy atom. The predicted molar refractivity (Wildman–Crippen MR) is 53.1 cm³/mol. The van der Waals surface area contributed by atoms with Crippen molar-refractivity contribution in [1.29, 1.82) is 0 Å². The van der Waals surface area contributed by atoms with Crippen LogP contribution in [0, 0.1) is 0 Å². The molecule has 2 N–H and O–H groups in total. The summed E-state index contributed by atoms with van der Waals surface area (Å²) in [6.45, 7) is 0. The third kappa shape index (κ3) is 1.78. The minimum Gasteiger partial charge on any atom is -0.357 e. The summed E-state index contributed by atoms with van der Waals surface area (Å²) in [5.41, 5.74) is 0.577. The largest absolute Gasteiger partial charge is 0.357 e. The lowest BCUT2D eigenvalue weighted by molar-refractivity contribution is 0.102. The van der Waals surface area contributed by atoms with Gasteiger partial charge in [0.05, 0.1) is 5.00 Å². The minimum absolute atomic E-state index is 0.104. The molecule has 1 amide bonds. The fraction of sp³-hybridized carbons (Fsp3) is 0. The van der Waals surface area contributed by atoms with E-state index in [1.807, 2.05) is 17.5 Å². The second kappa shape index (κ2) is 3.45. The van der Waals surface area contributed by atoms with Gasteiger partial charge in [-0.1, -0.05) is 0 Å². The molecule has 2 aromatic heterocycles. The highest BCUT2D eigenvalue weighted by Gasteiger charge is 2.05. The van der Waals surface area contributed by atoms with E-state index in [2.05, 4.69) is 10.3 Å². The number of hydrogen-bond donors (Lipinski definition) is 2. The monoisotopic (exact) mass is 192 g/mol. The quantitative estimate of drug-likeness (QED) is 0.753. The predicted octanol–water partition coefficient (Wildman–Crippen LogP) is 2.33. The number of aromatic nitrogens is 1. The maximum atomic E-state index is 11.4. The van der Waals surface area contributed by atoms with Gasteiger partial charge in [-0.2, -0.15) is 0 Å². The molecule has 0 aliphatic carbocycles. The molecule has 0 spiro atoms. The molecule has 0 aliphatic heterocycles. The lowest BCUT2D eigenvalue weighted by Crippen LogP contribution is -2.10. The van der Waals surface area contributed by atoms with Gasteiger partial charge in [0.25, 0.3) is 5.91 Å². The number of aromatic amines is 1. The number of rotatable bonds is 2. The molecule has 0 radical (unpaired) electrons. The van der Waals surface area contributed by atoms with Gasteiger partial charge in [0.15, 0.2) is 0 Å². The topological polar surface area (TPSA) is 44.9 Å². The van der Waals surface area contributed by atoms with Crippen molar-refractivity contribution in [3.63, 3.8) is 0 Å². The number of amides is 1. The first-order valence-corrected chi connectivity index (χ1v) is 4.72. The van der Waals surface area contributed by atoms with E-state index in [1.165, 1.54) is 11.3 Å². The van der Waals surface area contributed by atoms with Crippen molar-refractivity contribution in [2.75, 3.05) is 5.32 Å². The van der Waals surface area contributed by atoms with E-state index < -0.39 is 0 Å². The molecule has 4 heteroatoms. The highest BCUT2D eigenvalue weighted by atomic mass is 32.1. The number of hydrogen-bond acceptors (Lipinski definition) is 2. The van der Waals surface area contributed by atoms with E-state index in [9.17, 15) is 4.79 Å². The van der Waals surface area contributed by atoms with Gasteiger partial charge in [-0.3, -0.25) is 4.79 Å². The molecular formula is C9H8N2OS. The van der Waals surface area contributed by atoms with Crippen molar-refractivity contribution in [2.24, 2.45) is 0 Å². The van der Waals surface area contributed by atoms with Crippen LogP contribution in [0.2, 0.25) is 0 Å². The van der Waals surface area contributed by atoms with Crippen LogP contribution >= 0.6 is 11.3 Å². The average molecular weight is 192 g/mol. The van der Waals surface area contributed by atoms with Crippen molar-refractivity contribution in [1.82, 2.24) is 4.98 Å². The number of thiophene rings is 1. The number of anilines is 1. The molecule has 0 aliphatic rings. The molecule has 66 valence electrons. The van der Waals surface area contributed by atoms with Gasteiger partial charge >= 0.3 is 0 Å². The SMILES string of the molecule is O=C(Nc1cccs1)c1ccc[nH]1. The fourth-order valence-electron chi connectivity index (χ4n) is 1.00. The van der Waals surface area contributed by atoms with E-state index in [1.54, 1.807) is 18.3 Å². The molecule has 2 rings (SSSR count). The Hall–Kier alpha value is -1.55. The highest BCUT2D eigenvalue weighted by Crippen LogP contribution is 2.15. The summed E-state index contributed by atoms with van der Waals surface area (Å²) in [7, 11) is 0. The molecule has 0 saturated carbocycles. The average Bonchev–Trinajstić information content (AvgIpc) is 2.74. The zero-order valence-electron chi connectivity index (χ0n) is 6.78. The first kappa shape index (κ1) is 8.07. The number of H-pyrrole nitrogens is 1. The van der Waals surface area contributed by atoms with Crippen molar-refractivity contribution in [3.05, 3.63) is 41.5 Å². The normalized spacial score (nSPS) is 9.85. The summed E-state index contributed by atoms with van der Waals surface area (Å²) in [5.74, 6) is -0.104. The Morgan fingerprint density at radius 3 is 2.92 bits per heavy atom. The van der Waals surface area contributed by atoms with Crippen LogP contribution < -0.4 is 5.32 Å². The minimum atomic E-state index is -0.104. The van der Waals surface area contributed by atoms with Crippen molar-refractivity contribution in [2.45, 2.75) is 0 Å². The Labute approximate surface area is 79.4 Å². The zero-order chi connectivity index (χ0) is 9.10. The second-order valence-corrected chi connectivity index (χ2v) is 3.46. The van der Waals surface area contributed by atoms with Crippen molar-refractivity contribution in [3.8, 4) is 0 Å². The third-order valence-electron chi connectivity index (χ3n) is 1.60. The Kier molecular flexibility index (Phi) is 2.14. The zero-order valence-corrected chi connectivity index (χ0v) is 7.60. The molecular weight excluding hydrogens is 184 g/mol. The molecule has 3 nitrogen and oxygen atoms in total. The molecule has 0 saturated heterocycles. The summed E-state index contributed by atoms with van der Waals surface area (Å²) in [6, 6.07) is 7.30. The first-order chi connectivity index (χ1) is 6.36. The van der Waals surface area contributed by atoms with E-state index in [0.29, 0.717) is 5.69 Å². The van der Waals surface area contributed by atoms with Gasteiger partial charge in [-0.25, -0.2) is 0 Å². The Morgan fingerprint density at radius 2 is 2.31 bits per heavy atom. The summed E-state index contributed by atoms with van der Waals surface area (Å²) in [4.78, 5) is 14.3. The number of carbonyl (C=O) groups excluding carboxylic acids is 1. The van der Waals surface area contributed by atoms with Crippen LogP contribution in [0.4, 0.5) is 5.00 Å². The van der Waals surface area contributed by atoms with Crippen LogP contribution in [-0.2, 0) is 0 Å². The van der Waals surface area contributed by atoms with E-state index >= 15 is 0 Å². The maximum absolute atomic E-state index is 11.4. The van der Waals surface area contributed by atoms with Crippen LogP contribution in [0.3, 0.4) is 0 Å². The number of nitrogens with one attached hydrogen (secondary N) is 2. The number of carbonyl (C=O) groups is 1. The molecule has 2 aromatic rings. The van der Waals surface area contributed by atoms with Crippen molar-refractivity contribution < 1.29 is 4.79 Å². The Balaban J connectivity index is 2.08. The molecule has 0 bridgehead atoms. The van der Waals surface area contributed by atoms with Crippen LogP contribution in [0.25, 0.3) is 0 Å². The summed E-state index contributed by atoms with van der Waals surface area (Å²) in [5, 5.41) is 5.55. The van der Waals surface area contributed by atoms with Gasteiger partial charge in [-0.15, -0.1) is 11.3 Å². The standard InChI is InChI=1S/C9H8N2OS/c12-9(7-3-1-5-10-7)11-8-4-2-6-13-8/h1-6,10H,(H,11,12). The van der Waals surface area contributed by atoms with E-state index in [4.69, 9.17) is 0 Å². The van der Waals surface area contributed by atoms with Crippen molar-refractivity contribution >= 4 is 22.2 Å². The molecule has 0 fully saturated rings. The van der Waals surface area contributed by atoms with Gasteiger partial charge in [-0.05, 0) is 29.6 Å². The molecule has 0 atom stereocenters. The van der Waals surface area contributed by atoms with Gasteiger partial charge in [0, 0.05) is 6.20 Å². The molecule has 0 aromatic carbocycles. The van der Waals surface area contributed by atoms with E-state index in [-0.39, 0.29) is 5.91 Å². The second-order valence-electron chi connectivity index (χ2n) is 2.52. The molecule has 2 heterocycles. The summed E-state index contributed by atoms with van der Waals surface area (Å²) < 4.78 is 0. The van der Waals surface area contributed by atoms with Crippen LogP contribution in [0.15, 0.2) is 35.8 Å². The molecule has 13 heavy (non-hydrogen) atoms. The summed E-state index contributed by atoms with van der Waals surface area (Å²) >= 11 is 1.50. The smallest absolute Gasteiger partial charge is 0.272 e. The highest BCUT2D eigenvalue weighted by molar-refractivity contribution is 7.14. The third-order valence-corrected chi connectivity index (χ3v) is 2.39. The van der Waals surface area contributed by atoms with Crippen LogP contribution in [-0.4, -0.2) is 10.9 Å². The van der Waals surface area contributed by atoms with Gasteiger partial charge in [0.1, 0.15) is 5.69 Å². The first-order valence-electron chi connectivity index (χ1n) is 3.84. The molecule has 0 unspecified atom stereocenters.